The SMILES string of the molecule is CCN1CC2=CC=C(Nc3cc(C)c(I)cc3C3CCCO3)C3CC23C1=O. The summed E-state index contributed by atoms with van der Waals surface area (Å²) in [4.78, 5) is 14.9. The third-order valence-electron chi connectivity index (χ3n) is 6.67. The average molecular weight is 476 g/mol. The Morgan fingerprint density at radius 3 is 2.96 bits per heavy atom. The zero-order valence-corrected chi connectivity index (χ0v) is 18.0. The Labute approximate surface area is 174 Å². The number of benzene rings is 1. The van der Waals surface area contributed by atoms with Crippen molar-refractivity contribution < 1.29 is 9.53 Å². The fourth-order valence-electron chi connectivity index (χ4n) is 5.01. The van der Waals surface area contributed by atoms with Gasteiger partial charge in [-0.3, -0.25) is 4.79 Å². The van der Waals surface area contributed by atoms with Gasteiger partial charge in [0.15, 0.2) is 0 Å². The molecule has 2 heterocycles. The third-order valence-corrected chi connectivity index (χ3v) is 7.83. The van der Waals surface area contributed by atoms with Crippen LogP contribution in [0.3, 0.4) is 0 Å². The lowest BCUT2D eigenvalue weighted by Crippen LogP contribution is -2.29. The first-order valence-electron chi connectivity index (χ1n) is 9.94. The van der Waals surface area contributed by atoms with E-state index in [1.54, 1.807) is 0 Å². The predicted octanol–water partition coefficient (Wildman–Crippen LogP) is 4.56. The maximum Gasteiger partial charge on any atom is 0.233 e. The van der Waals surface area contributed by atoms with Crippen LogP contribution in [-0.4, -0.2) is 30.5 Å². The Morgan fingerprint density at radius 1 is 1.37 bits per heavy atom. The van der Waals surface area contributed by atoms with E-state index in [9.17, 15) is 4.79 Å². The Kier molecular flexibility index (Phi) is 4.17. The molecule has 1 aromatic rings. The van der Waals surface area contributed by atoms with Gasteiger partial charge in [0.1, 0.15) is 0 Å². The van der Waals surface area contributed by atoms with Crippen LogP contribution in [0.25, 0.3) is 0 Å². The van der Waals surface area contributed by atoms with E-state index in [-0.39, 0.29) is 11.5 Å². The fourth-order valence-corrected chi connectivity index (χ4v) is 5.50. The monoisotopic (exact) mass is 476 g/mol. The van der Waals surface area contributed by atoms with Crippen LogP contribution in [0.5, 0.6) is 0 Å². The molecule has 4 nitrogen and oxygen atoms in total. The quantitative estimate of drug-likeness (QED) is 0.649. The lowest BCUT2D eigenvalue weighted by molar-refractivity contribution is -0.131. The molecule has 3 atom stereocenters. The molecule has 1 aromatic carbocycles. The molecule has 4 aliphatic rings. The van der Waals surface area contributed by atoms with Crippen molar-refractivity contribution in [3.63, 3.8) is 0 Å². The van der Waals surface area contributed by atoms with Crippen LogP contribution in [0.1, 0.15) is 43.4 Å². The van der Waals surface area contributed by atoms with E-state index in [4.69, 9.17) is 4.74 Å². The number of aryl methyl sites for hydroxylation is 1. The number of nitrogens with zero attached hydrogens (tertiary/aromatic N) is 1. The number of ether oxygens (including phenoxy) is 1. The minimum absolute atomic E-state index is 0.175. The lowest BCUT2D eigenvalue weighted by Gasteiger charge is -2.22. The summed E-state index contributed by atoms with van der Waals surface area (Å²) in [5.41, 5.74) is 5.92. The summed E-state index contributed by atoms with van der Waals surface area (Å²) in [6.07, 6.45) is 7.71. The highest BCUT2D eigenvalue weighted by atomic mass is 127. The molecule has 1 saturated carbocycles. The molecule has 5 rings (SSSR count). The summed E-state index contributed by atoms with van der Waals surface area (Å²) in [5, 5.41) is 3.71. The second-order valence-electron chi connectivity index (χ2n) is 8.18. The minimum atomic E-state index is -0.241. The standard InChI is InChI=1S/C22H25IN2O2/c1-3-25-12-14-6-7-18(16-11-22(14,16)21(25)26)24-19-9-13(2)17(23)10-15(19)20-5-4-8-27-20/h6-7,9-10,16,20,24H,3-5,8,11-12H2,1-2H3. The molecule has 3 fully saturated rings. The molecular weight excluding hydrogens is 451 g/mol. The first-order valence-corrected chi connectivity index (χ1v) is 11.0. The number of rotatable bonds is 4. The summed E-state index contributed by atoms with van der Waals surface area (Å²) in [7, 11) is 0. The third kappa shape index (κ3) is 2.61. The van der Waals surface area contributed by atoms with Gasteiger partial charge in [0, 0.05) is 46.1 Å². The number of carbonyl (C=O) groups excluding carboxylic acids is 1. The highest BCUT2D eigenvalue weighted by Gasteiger charge is 2.68. The number of amides is 1. The smallest absolute Gasteiger partial charge is 0.233 e. The molecule has 1 amide bonds. The number of halogens is 1. The number of nitrogens with one attached hydrogen (secondary N) is 1. The maximum atomic E-state index is 12.9. The first kappa shape index (κ1) is 17.7. The van der Waals surface area contributed by atoms with Crippen LogP contribution in [0.4, 0.5) is 5.69 Å². The van der Waals surface area contributed by atoms with Crippen LogP contribution in [0.2, 0.25) is 0 Å². The summed E-state index contributed by atoms with van der Waals surface area (Å²) in [6, 6.07) is 4.50. The molecule has 2 saturated heterocycles. The summed E-state index contributed by atoms with van der Waals surface area (Å²) < 4.78 is 7.25. The molecule has 5 heteroatoms. The number of allylic oxidation sites excluding steroid dienone is 3. The van der Waals surface area contributed by atoms with Crippen molar-refractivity contribution in [3.05, 3.63) is 50.3 Å². The van der Waals surface area contributed by atoms with Crippen molar-refractivity contribution in [1.29, 1.82) is 0 Å². The Morgan fingerprint density at radius 2 is 2.22 bits per heavy atom. The van der Waals surface area contributed by atoms with Gasteiger partial charge >= 0.3 is 0 Å². The minimum Gasteiger partial charge on any atom is -0.373 e. The number of hydrogen-bond acceptors (Lipinski definition) is 3. The van der Waals surface area contributed by atoms with Gasteiger partial charge in [-0.05, 0) is 85.0 Å². The van der Waals surface area contributed by atoms with Crippen molar-refractivity contribution in [2.24, 2.45) is 11.3 Å². The van der Waals surface area contributed by atoms with Crippen molar-refractivity contribution in [3.8, 4) is 0 Å². The highest BCUT2D eigenvalue weighted by Crippen LogP contribution is 2.66. The zero-order chi connectivity index (χ0) is 18.8. The van der Waals surface area contributed by atoms with Crippen LogP contribution in [-0.2, 0) is 9.53 Å². The Bertz CT molecular complexity index is 885. The molecule has 1 spiro atoms. The van der Waals surface area contributed by atoms with E-state index in [0.29, 0.717) is 11.8 Å². The molecule has 3 unspecified atom stereocenters. The van der Waals surface area contributed by atoms with Crippen LogP contribution >= 0.6 is 22.6 Å². The second-order valence-corrected chi connectivity index (χ2v) is 9.34. The van der Waals surface area contributed by atoms with Gasteiger partial charge in [0.25, 0.3) is 0 Å². The van der Waals surface area contributed by atoms with E-state index in [1.165, 1.54) is 26.0 Å². The molecule has 2 aliphatic carbocycles. The lowest BCUT2D eigenvalue weighted by atomic mass is 9.90. The summed E-state index contributed by atoms with van der Waals surface area (Å²) in [5.74, 6) is 0.630. The Hall–Kier alpha value is -1.34. The van der Waals surface area contributed by atoms with E-state index in [2.05, 4.69) is 66.0 Å². The molecular formula is C22H25IN2O2. The van der Waals surface area contributed by atoms with Crippen molar-refractivity contribution >= 4 is 34.2 Å². The number of anilines is 1. The van der Waals surface area contributed by atoms with Gasteiger partial charge in [0.2, 0.25) is 5.91 Å². The maximum absolute atomic E-state index is 12.9. The van der Waals surface area contributed by atoms with E-state index >= 15 is 0 Å². The second kappa shape index (κ2) is 6.34. The average Bonchev–Trinajstić information content (AvgIpc) is 3.08. The first-order chi connectivity index (χ1) is 13.0. The van der Waals surface area contributed by atoms with Gasteiger partial charge in [-0.2, -0.15) is 0 Å². The van der Waals surface area contributed by atoms with Crippen molar-refractivity contribution in [2.75, 3.05) is 25.0 Å². The summed E-state index contributed by atoms with van der Waals surface area (Å²) >= 11 is 2.41. The highest BCUT2D eigenvalue weighted by molar-refractivity contribution is 14.1. The van der Waals surface area contributed by atoms with Crippen molar-refractivity contribution in [1.82, 2.24) is 4.90 Å². The number of likely N-dealkylation sites (tertiary alicyclic amines) is 1. The van der Waals surface area contributed by atoms with Crippen LogP contribution in [0.15, 0.2) is 35.6 Å². The van der Waals surface area contributed by atoms with Gasteiger partial charge in [-0.25, -0.2) is 0 Å². The van der Waals surface area contributed by atoms with Gasteiger partial charge in [0.05, 0.1) is 11.5 Å². The largest absolute Gasteiger partial charge is 0.373 e. The molecule has 0 radical (unpaired) electrons. The predicted molar refractivity (Wildman–Crippen MR) is 114 cm³/mol. The molecule has 27 heavy (non-hydrogen) atoms. The van der Waals surface area contributed by atoms with E-state index < -0.39 is 0 Å². The molecule has 0 bridgehead atoms. The van der Waals surface area contributed by atoms with Crippen LogP contribution in [0, 0.1) is 21.8 Å². The summed E-state index contributed by atoms with van der Waals surface area (Å²) in [6.45, 7) is 6.67. The zero-order valence-electron chi connectivity index (χ0n) is 15.8. The molecule has 1 N–H and O–H groups in total. The number of carbonyl (C=O) groups is 1. The van der Waals surface area contributed by atoms with E-state index in [1.807, 2.05) is 4.90 Å². The fraction of sp³-hybridized carbons (Fsp3) is 0.500. The number of hydrogen-bond donors (Lipinski definition) is 1. The topological polar surface area (TPSA) is 41.6 Å². The number of likely N-dealkylation sites (N-methyl/N-ethyl adjacent to an activating group) is 1. The van der Waals surface area contributed by atoms with Gasteiger partial charge in [-0.15, -0.1) is 0 Å². The van der Waals surface area contributed by atoms with Crippen molar-refractivity contribution in [2.45, 2.75) is 39.2 Å². The Balaban J connectivity index is 1.46. The normalized spacial score (nSPS) is 31.4. The molecule has 2 aliphatic heterocycles. The molecule has 0 aromatic heterocycles. The molecule has 142 valence electrons. The van der Waals surface area contributed by atoms with E-state index in [0.717, 1.165) is 44.6 Å². The van der Waals surface area contributed by atoms with Gasteiger partial charge < -0.3 is 15.0 Å². The van der Waals surface area contributed by atoms with Gasteiger partial charge in [-0.1, -0.05) is 6.08 Å². The van der Waals surface area contributed by atoms with Crippen LogP contribution < -0.4 is 5.32 Å².